The van der Waals surface area contributed by atoms with Gasteiger partial charge in [0.15, 0.2) is 0 Å². The number of aromatic nitrogens is 2. The molecule has 40 heavy (non-hydrogen) atoms. The second-order valence-electron chi connectivity index (χ2n) is 9.92. The van der Waals surface area contributed by atoms with Crippen molar-refractivity contribution < 1.29 is 19.1 Å². The lowest BCUT2D eigenvalue weighted by atomic mass is 10.1. The lowest BCUT2D eigenvalue weighted by Crippen LogP contribution is -2.44. The minimum absolute atomic E-state index is 0.190. The standard InChI is InChI=1S/C14H20ClN3O2.C14H22N4O2/c2*1-3-20-14(19)9-11-8-13(16-10-12(11)15)18-6-4-17(2)5-7-18/h8,10H,3-7,9H2,1-2H3;8,10H,3-7,9,15H2,1-2H3. The molecule has 0 unspecified atom stereocenters. The maximum absolute atomic E-state index is 11.6. The second-order valence-corrected chi connectivity index (χ2v) is 10.3. The van der Waals surface area contributed by atoms with Crippen LogP contribution >= 0.6 is 11.6 Å². The second kappa shape index (κ2) is 15.6. The number of hydrogen-bond acceptors (Lipinski definition) is 11. The number of nitrogens with zero attached hydrogens (tertiary/aromatic N) is 6. The summed E-state index contributed by atoms with van der Waals surface area (Å²) in [6.45, 7) is 12.1. The molecule has 2 N–H and O–H groups in total. The quantitative estimate of drug-likeness (QED) is 0.466. The summed E-state index contributed by atoms with van der Waals surface area (Å²) < 4.78 is 9.93. The van der Waals surface area contributed by atoms with Gasteiger partial charge in [0.05, 0.1) is 43.0 Å². The molecule has 0 spiro atoms. The number of halogens is 1. The van der Waals surface area contributed by atoms with Gasteiger partial charge >= 0.3 is 11.9 Å². The van der Waals surface area contributed by atoms with Gasteiger partial charge in [-0.1, -0.05) is 11.6 Å². The number of carbonyl (C=O) groups is 2. The van der Waals surface area contributed by atoms with E-state index < -0.39 is 0 Å². The van der Waals surface area contributed by atoms with Crippen molar-refractivity contribution in [2.24, 2.45) is 0 Å². The molecule has 0 amide bonds. The predicted molar refractivity (Wildman–Crippen MR) is 158 cm³/mol. The average Bonchev–Trinajstić information content (AvgIpc) is 2.93. The first-order chi connectivity index (χ1) is 19.2. The summed E-state index contributed by atoms with van der Waals surface area (Å²) in [6.07, 6.45) is 3.63. The van der Waals surface area contributed by atoms with Gasteiger partial charge < -0.3 is 34.8 Å². The van der Waals surface area contributed by atoms with Crippen LogP contribution in [0.3, 0.4) is 0 Å². The van der Waals surface area contributed by atoms with E-state index in [9.17, 15) is 9.59 Å². The van der Waals surface area contributed by atoms with Gasteiger partial charge in [0, 0.05) is 58.6 Å². The molecule has 0 aliphatic carbocycles. The Morgan fingerprint density at radius 2 is 1.20 bits per heavy atom. The van der Waals surface area contributed by atoms with Crippen LogP contribution in [0.1, 0.15) is 25.0 Å². The van der Waals surface area contributed by atoms with Crippen molar-refractivity contribution in [1.29, 1.82) is 0 Å². The van der Waals surface area contributed by atoms with Crippen LogP contribution in [-0.2, 0) is 31.9 Å². The third-order valence-electron chi connectivity index (χ3n) is 6.87. The summed E-state index contributed by atoms with van der Waals surface area (Å²) >= 11 is 6.11. The van der Waals surface area contributed by atoms with Crippen molar-refractivity contribution in [1.82, 2.24) is 19.8 Å². The van der Waals surface area contributed by atoms with Crippen molar-refractivity contribution in [3.63, 3.8) is 0 Å². The minimum Gasteiger partial charge on any atom is -0.466 e. The highest BCUT2D eigenvalue weighted by molar-refractivity contribution is 6.31. The highest BCUT2D eigenvalue weighted by Crippen LogP contribution is 2.23. The van der Waals surface area contributed by atoms with Gasteiger partial charge in [0.2, 0.25) is 0 Å². The summed E-state index contributed by atoms with van der Waals surface area (Å²) in [4.78, 5) is 40.9. The summed E-state index contributed by atoms with van der Waals surface area (Å²) in [5.41, 5.74) is 7.98. The fourth-order valence-electron chi connectivity index (χ4n) is 4.40. The molecule has 11 nitrogen and oxygen atoms in total. The van der Waals surface area contributed by atoms with Crippen LogP contribution in [0, 0.1) is 0 Å². The summed E-state index contributed by atoms with van der Waals surface area (Å²) in [5, 5.41) is 0.510. The van der Waals surface area contributed by atoms with E-state index in [0.29, 0.717) is 23.9 Å². The van der Waals surface area contributed by atoms with Crippen LogP contribution in [0.15, 0.2) is 24.5 Å². The zero-order valence-corrected chi connectivity index (χ0v) is 24.8. The maximum Gasteiger partial charge on any atom is 0.310 e. The van der Waals surface area contributed by atoms with E-state index in [1.54, 1.807) is 26.2 Å². The molecule has 2 aliphatic heterocycles. The topological polar surface area (TPSA) is 117 Å². The molecule has 12 heteroatoms. The molecule has 0 bridgehead atoms. The maximum atomic E-state index is 11.6. The van der Waals surface area contributed by atoms with Gasteiger partial charge in [-0.15, -0.1) is 0 Å². The molecule has 4 rings (SSSR count). The Morgan fingerprint density at radius 3 is 1.68 bits per heavy atom. The molecule has 2 saturated heterocycles. The molecule has 2 aromatic heterocycles. The first-order valence-electron chi connectivity index (χ1n) is 13.8. The Balaban J connectivity index is 0.000000220. The predicted octanol–water partition coefficient (Wildman–Crippen LogP) is 2.11. The van der Waals surface area contributed by atoms with E-state index in [1.807, 2.05) is 12.1 Å². The number of anilines is 3. The fraction of sp³-hybridized carbons (Fsp3) is 0.571. The van der Waals surface area contributed by atoms with Gasteiger partial charge in [-0.2, -0.15) is 0 Å². The minimum atomic E-state index is -0.259. The van der Waals surface area contributed by atoms with Crippen LogP contribution in [0.25, 0.3) is 0 Å². The summed E-state index contributed by atoms with van der Waals surface area (Å²) in [5.74, 6) is 1.24. The molecular formula is C28H42ClN7O4. The molecule has 0 saturated carbocycles. The number of ether oxygens (including phenoxy) is 2. The number of piperazine rings is 2. The van der Waals surface area contributed by atoms with Crippen molar-refractivity contribution in [3.05, 3.63) is 40.7 Å². The zero-order chi connectivity index (χ0) is 29.1. The third-order valence-corrected chi connectivity index (χ3v) is 7.21. The average molecular weight is 576 g/mol. The number of esters is 2. The molecule has 0 aromatic carbocycles. The van der Waals surface area contributed by atoms with E-state index in [0.717, 1.165) is 75.1 Å². The van der Waals surface area contributed by atoms with Crippen LogP contribution in [0.2, 0.25) is 5.02 Å². The Kier molecular flexibility index (Phi) is 12.2. The van der Waals surface area contributed by atoms with Gasteiger partial charge in [-0.3, -0.25) is 9.59 Å². The molecule has 2 fully saturated rings. The molecule has 220 valence electrons. The van der Waals surface area contributed by atoms with Crippen LogP contribution < -0.4 is 15.5 Å². The molecule has 4 heterocycles. The highest BCUT2D eigenvalue weighted by Gasteiger charge is 2.19. The van der Waals surface area contributed by atoms with E-state index in [-0.39, 0.29) is 24.8 Å². The Bertz CT molecular complexity index is 1030. The molecule has 0 radical (unpaired) electrons. The molecule has 0 atom stereocenters. The lowest BCUT2D eigenvalue weighted by molar-refractivity contribution is -0.143. The molecular weight excluding hydrogens is 534 g/mol. The number of nitrogen functional groups attached to an aromatic ring is 1. The number of pyridine rings is 2. The number of likely N-dealkylation sites (N-methyl/N-ethyl adjacent to an activating group) is 2. The zero-order valence-electron chi connectivity index (χ0n) is 24.1. The van der Waals surface area contributed by atoms with Gasteiger partial charge in [0.25, 0.3) is 0 Å². The van der Waals surface area contributed by atoms with Crippen molar-refractivity contribution >= 4 is 40.9 Å². The van der Waals surface area contributed by atoms with Gasteiger partial charge in [-0.05, 0) is 51.2 Å². The summed E-state index contributed by atoms with van der Waals surface area (Å²) in [7, 11) is 4.22. The smallest absolute Gasteiger partial charge is 0.310 e. The van der Waals surface area contributed by atoms with Crippen molar-refractivity contribution in [2.45, 2.75) is 26.7 Å². The first-order valence-corrected chi connectivity index (χ1v) is 14.1. The van der Waals surface area contributed by atoms with E-state index in [4.69, 9.17) is 26.8 Å². The van der Waals surface area contributed by atoms with Crippen LogP contribution in [-0.4, -0.2) is 111 Å². The number of carbonyl (C=O) groups excluding carboxylic acids is 2. The Hall–Kier alpha value is -3.15. The fourth-order valence-corrected chi connectivity index (χ4v) is 4.57. The summed E-state index contributed by atoms with van der Waals surface area (Å²) in [6, 6.07) is 3.79. The van der Waals surface area contributed by atoms with E-state index in [1.165, 1.54) is 0 Å². The highest BCUT2D eigenvalue weighted by atomic mass is 35.5. The number of hydrogen-bond donors (Lipinski definition) is 1. The van der Waals surface area contributed by atoms with Crippen molar-refractivity contribution in [2.75, 3.05) is 95.2 Å². The normalized spacial score (nSPS) is 16.2. The van der Waals surface area contributed by atoms with E-state index >= 15 is 0 Å². The van der Waals surface area contributed by atoms with Gasteiger partial charge in [0.1, 0.15) is 11.6 Å². The van der Waals surface area contributed by atoms with Gasteiger partial charge in [-0.25, -0.2) is 9.97 Å². The Labute approximate surface area is 242 Å². The van der Waals surface area contributed by atoms with Crippen LogP contribution in [0.4, 0.5) is 17.3 Å². The largest absolute Gasteiger partial charge is 0.466 e. The van der Waals surface area contributed by atoms with Crippen molar-refractivity contribution in [3.8, 4) is 0 Å². The molecule has 2 aliphatic rings. The SMILES string of the molecule is CCOC(=O)Cc1cc(N2CCN(C)CC2)ncc1Cl.CCOC(=O)Cc1cc(N2CCN(C)CC2)ncc1N. The molecule has 2 aromatic rings. The lowest BCUT2D eigenvalue weighted by Gasteiger charge is -2.33. The number of nitrogens with two attached hydrogens (primary N) is 1. The van der Waals surface area contributed by atoms with Crippen LogP contribution in [0.5, 0.6) is 0 Å². The third kappa shape index (κ3) is 9.50. The Morgan fingerprint density at radius 1 is 0.775 bits per heavy atom. The number of rotatable bonds is 8. The monoisotopic (exact) mass is 575 g/mol. The van der Waals surface area contributed by atoms with E-state index in [2.05, 4.69) is 43.7 Å². The first kappa shape index (κ1) is 31.4.